The number of quaternary nitrogens is 1. The molecule has 1 amide bonds. The molecule has 9 heteroatoms. The third-order valence-corrected chi connectivity index (χ3v) is 9.46. The molecule has 170 valence electrons. The Hall–Kier alpha value is -2.00. The number of nitrogens with zero attached hydrogens (tertiary/aromatic N) is 3. The Labute approximate surface area is 197 Å². The molecule has 4 rings (SSSR count). The molecule has 0 radical (unpaired) electrons. The number of thiazole rings is 1. The van der Waals surface area contributed by atoms with Crippen molar-refractivity contribution in [3.8, 4) is 0 Å². The summed E-state index contributed by atoms with van der Waals surface area (Å²) in [7, 11) is 0.0631. The monoisotopic (exact) mass is 492 g/mol. The highest BCUT2D eigenvalue weighted by molar-refractivity contribution is 7.91. The van der Waals surface area contributed by atoms with Gasteiger partial charge >= 0.3 is 5.91 Å². The lowest BCUT2D eigenvalue weighted by atomic mass is 10.1. The number of hydrogen-bond donors (Lipinski definition) is 0. The van der Waals surface area contributed by atoms with Crippen LogP contribution in [0.5, 0.6) is 0 Å². The number of rotatable bonds is 5. The lowest BCUT2D eigenvalue weighted by Gasteiger charge is -2.36. The van der Waals surface area contributed by atoms with Crippen molar-refractivity contribution in [1.82, 2.24) is 9.05 Å². The number of halogens is 1. The van der Waals surface area contributed by atoms with Crippen LogP contribution < -0.4 is 9.28 Å². The summed E-state index contributed by atoms with van der Waals surface area (Å²) in [4.78, 5) is 18.9. The van der Waals surface area contributed by atoms with Crippen LogP contribution in [0.3, 0.4) is 0 Å². The van der Waals surface area contributed by atoms with Gasteiger partial charge in [-0.05, 0) is 65.6 Å². The van der Waals surface area contributed by atoms with Gasteiger partial charge in [0, 0.05) is 19.1 Å². The summed E-state index contributed by atoms with van der Waals surface area (Å²) in [5.41, 5.74) is 0. The SMILES string of the molecule is C/N=c1\sc([N+]2(C(=O)CCS(=O)(=O)c3ccc4cc(Cl)ccc4c3)CCCCC2)cn1C. The minimum Gasteiger partial charge on any atom is -0.321 e. The van der Waals surface area contributed by atoms with E-state index in [4.69, 9.17) is 11.6 Å². The fourth-order valence-electron chi connectivity index (χ4n) is 4.40. The summed E-state index contributed by atoms with van der Waals surface area (Å²) in [6, 6.07) is 10.4. The second-order valence-electron chi connectivity index (χ2n) is 8.28. The van der Waals surface area contributed by atoms with Crippen LogP contribution in [0.2, 0.25) is 5.02 Å². The van der Waals surface area contributed by atoms with Crippen molar-refractivity contribution in [3.05, 3.63) is 52.4 Å². The number of sulfone groups is 1. The number of amides is 1. The Bertz CT molecular complexity index is 1340. The van der Waals surface area contributed by atoms with Crippen LogP contribution >= 0.6 is 22.9 Å². The minimum atomic E-state index is -3.60. The molecule has 0 bridgehead atoms. The number of carbonyl (C=O) groups is 1. The van der Waals surface area contributed by atoms with Gasteiger partial charge < -0.3 is 4.57 Å². The largest absolute Gasteiger partial charge is 0.321 e. The average molecular weight is 493 g/mol. The smallest absolute Gasteiger partial charge is 0.320 e. The molecule has 2 aromatic carbocycles. The van der Waals surface area contributed by atoms with E-state index in [0.717, 1.165) is 39.8 Å². The fraction of sp³-hybridized carbons (Fsp3) is 0.391. The Balaban J connectivity index is 1.59. The highest BCUT2D eigenvalue weighted by Crippen LogP contribution is 2.32. The van der Waals surface area contributed by atoms with E-state index in [2.05, 4.69) is 4.99 Å². The van der Waals surface area contributed by atoms with Crippen LogP contribution in [0.1, 0.15) is 25.7 Å². The molecule has 1 aromatic heterocycles. The van der Waals surface area contributed by atoms with Crippen molar-refractivity contribution in [3.63, 3.8) is 0 Å². The number of carbonyl (C=O) groups excluding carboxylic acids is 1. The lowest BCUT2D eigenvalue weighted by molar-refractivity contribution is -0.130. The van der Waals surface area contributed by atoms with E-state index in [0.29, 0.717) is 18.1 Å². The van der Waals surface area contributed by atoms with Crippen LogP contribution in [0.25, 0.3) is 10.8 Å². The second-order valence-corrected chi connectivity index (χ2v) is 11.8. The number of aryl methyl sites for hydroxylation is 1. The number of benzene rings is 2. The second kappa shape index (κ2) is 9.09. The molecular formula is C23H27ClN3O3S2+. The van der Waals surface area contributed by atoms with E-state index in [-0.39, 0.29) is 27.5 Å². The Morgan fingerprint density at radius 3 is 2.50 bits per heavy atom. The quantitative estimate of drug-likeness (QED) is 0.498. The highest BCUT2D eigenvalue weighted by atomic mass is 35.5. The average Bonchev–Trinajstić information content (AvgIpc) is 3.18. The van der Waals surface area contributed by atoms with Crippen molar-refractivity contribution in [2.24, 2.45) is 12.0 Å². The number of fused-ring (bicyclic) bond motifs is 1. The van der Waals surface area contributed by atoms with E-state index in [1.165, 1.54) is 11.3 Å². The molecule has 0 unspecified atom stereocenters. The Morgan fingerprint density at radius 1 is 1.12 bits per heavy atom. The number of aromatic nitrogens is 1. The maximum atomic E-state index is 13.5. The van der Waals surface area contributed by atoms with Crippen molar-refractivity contribution in [1.29, 1.82) is 0 Å². The van der Waals surface area contributed by atoms with Gasteiger partial charge in [0.05, 0.1) is 36.4 Å². The van der Waals surface area contributed by atoms with Gasteiger partial charge in [-0.25, -0.2) is 17.7 Å². The van der Waals surface area contributed by atoms with Crippen LogP contribution in [-0.4, -0.2) is 44.8 Å². The highest BCUT2D eigenvalue weighted by Gasteiger charge is 2.42. The summed E-state index contributed by atoms with van der Waals surface area (Å²) < 4.78 is 28.3. The molecule has 3 aromatic rings. The molecule has 32 heavy (non-hydrogen) atoms. The zero-order valence-electron chi connectivity index (χ0n) is 18.3. The van der Waals surface area contributed by atoms with Crippen LogP contribution in [0.4, 0.5) is 5.00 Å². The molecule has 1 aliphatic rings. The lowest BCUT2D eigenvalue weighted by Crippen LogP contribution is -2.57. The number of piperidine rings is 1. The van der Waals surface area contributed by atoms with Gasteiger partial charge in [0.1, 0.15) is 0 Å². The molecule has 1 fully saturated rings. The first kappa shape index (κ1) is 23.2. The first-order valence-electron chi connectivity index (χ1n) is 10.7. The molecule has 1 saturated heterocycles. The maximum Gasteiger partial charge on any atom is 0.320 e. The molecule has 0 saturated carbocycles. The molecular weight excluding hydrogens is 466 g/mol. The fourth-order valence-corrected chi connectivity index (χ4v) is 6.99. The Kier molecular flexibility index (Phi) is 6.58. The Morgan fingerprint density at radius 2 is 1.81 bits per heavy atom. The minimum absolute atomic E-state index is 0.0127. The van der Waals surface area contributed by atoms with Crippen molar-refractivity contribution >= 4 is 54.5 Å². The van der Waals surface area contributed by atoms with Crippen molar-refractivity contribution in [2.75, 3.05) is 25.9 Å². The van der Waals surface area contributed by atoms with Crippen LogP contribution in [0.15, 0.2) is 52.5 Å². The van der Waals surface area contributed by atoms with Gasteiger partial charge in [-0.3, -0.25) is 4.99 Å². The van der Waals surface area contributed by atoms with Crippen LogP contribution in [0, 0.1) is 0 Å². The standard InChI is InChI=1S/C23H27ClN3O3S2/c1-25-23-26(2)16-22(31-23)27(11-4-3-5-12-27)21(28)10-13-32(29,30)20-9-7-17-14-19(24)8-6-18(17)15-20/h6-9,14-16H,3-5,10-13H2,1-2H3/q+1/b25-23-. The predicted molar refractivity (Wildman–Crippen MR) is 131 cm³/mol. The number of likely N-dealkylation sites (tertiary alicyclic amines) is 1. The maximum absolute atomic E-state index is 13.5. The molecule has 6 nitrogen and oxygen atoms in total. The van der Waals surface area contributed by atoms with E-state index in [1.54, 1.807) is 37.4 Å². The molecule has 0 atom stereocenters. The van der Waals surface area contributed by atoms with Gasteiger partial charge in [0.25, 0.3) is 0 Å². The van der Waals surface area contributed by atoms with E-state index < -0.39 is 9.84 Å². The molecule has 1 aliphatic heterocycles. The first-order valence-corrected chi connectivity index (χ1v) is 13.5. The number of hydrogen-bond acceptors (Lipinski definition) is 5. The van der Waals surface area contributed by atoms with Crippen molar-refractivity contribution in [2.45, 2.75) is 30.6 Å². The topological polar surface area (TPSA) is 68.5 Å². The molecule has 0 spiro atoms. The molecule has 2 heterocycles. The third kappa shape index (κ3) is 4.41. The molecule has 0 aliphatic carbocycles. The van der Waals surface area contributed by atoms with Gasteiger partial charge in [-0.2, -0.15) is 0 Å². The zero-order valence-corrected chi connectivity index (χ0v) is 20.6. The summed E-state index contributed by atoms with van der Waals surface area (Å²) in [5.74, 6) is -0.238. The summed E-state index contributed by atoms with van der Waals surface area (Å²) >= 11 is 7.54. The third-order valence-electron chi connectivity index (χ3n) is 6.19. The zero-order chi connectivity index (χ0) is 22.9. The normalized spacial score (nSPS) is 17.0. The van der Waals surface area contributed by atoms with E-state index in [1.807, 2.05) is 23.9 Å². The van der Waals surface area contributed by atoms with E-state index in [9.17, 15) is 13.2 Å². The summed E-state index contributed by atoms with van der Waals surface area (Å²) in [6.45, 7) is 1.42. The summed E-state index contributed by atoms with van der Waals surface area (Å²) in [5, 5.41) is 3.24. The van der Waals surface area contributed by atoms with Gasteiger partial charge in [0.2, 0.25) is 5.00 Å². The molecule has 0 N–H and O–H groups in total. The van der Waals surface area contributed by atoms with Gasteiger partial charge in [0.15, 0.2) is 14.6 Å². The predicted octanol–water partition coefficient (Wildman–Crippen LogP) is 4.31. The first-order chi connectivity index (χ1) is 15.2. The van der Waals surface area contributed by atoms with Gasteiger partial charge in [-0.15, -0.1) is 0 Å². The van der Waals surface area contributed by atoms with E-state index >= 15 is 0 Å². The van der Waals surface area contributed by atoms with Crippen molar-refractivity contribution < 1.29 is 13.2 Å². The van der Waals surface area contributed by atoms with Crippen LogP contribution in [-0.2, 0) is 21.7 Å². The van der Waals surface area contributed by atoms with Gasteiger partial charge in [-0.1, -0.05) is 23.7 Å². The summed E-state index contributed by atoms with van der Waals surface area (Å²) in [6.07, 6.45) is 4.95.